The van der Waals surface area contributed by atoms with Gasteiger partial charge in [-0.15, -0.1) is 0 Å². The van der Waals surface area contributed by atoms with E-state index in [1.807, 2.05) is 25.1 Å². The number of nitrogens with one attached hydrogen (secondary N) is 1. The molecule has 0 aliphatic heterocycles. The Labute approximate surface area is 138 Å². The molecule has 0 spiro atoms. The first-order chi connectivity index (χ1) is 11.1. The van der Waals surface area contributed by atoms with E-state index < -0.39 is 0 Å². The molecule has 0 fully saturated rings. The Balaban J connectivity index is 1.96. The maximum Gasteiger partial charge on any atom is 0.221 e. The highest BCUT2D eigenvalue weighted by atomic mass is 16.5. The van der Waals surface area contributed by atoms with Crippen molar-refractivity contribution in [2.75, 3.05) is 13.7 Å². The maximum absolute atomic E-state index is 12.1. The lowest BCUT2D eigenvalue weighted by Crippen LogP contribution is -2.27. The molecule has 2 rings (SSSR count). The van der Waals surface area contributed by atoms with Crippen LogP contribution >= 0.6 is 0 Å². The first kappa shape index (κ1) is 17.4. The quantitative estimate of drug-likeness (QED) is 0.737. The van der Waals surface area contributed by atoms with Gasteiger partial charge in [0.15, 0.2) is 11.5 Å². The highest BCUT2D eigenvalue weighted by Gasteiger charge is 2.17. The van der Waals surface area contributed by atoms with Crippen LogP contribution in [0.15, 0.2) is 30.4 Å². The molecule has 1 aliphatic rings. The highest BCUT2D eigenvalue weighted by molar-refractivity contribution is 5.77. The summed E-state index contributed by atoms with van der Waals surface area (Å²) in [6.07, 6.45) is 7.99. The van der Waals surface area contributed by atoms with Crippen molar-refractivity contribution in [3.63, 3.8) is 0 Å². The Morgan fingerprint density at radius 3 is 2.87 bits per heavy atom. The summed E-state index contributed by atoms with van der Waals surface area (Å²) < 4.78 is 11.1. The van der Waals surface area contributed by atoms with E-state index in [1.54, 1.807) is 7.11 Å². The minimum absolute atomic E-state index is 0.0537. The summed E-state index contributed by atoms with van der Waals surface area (Å²) in [7, 11) is 1.63. The minimum atomic E-state index is -0.0537. The first-order valence-corrected chi connectivity index (χ1v) is 8.40. The lowest BCUT2D eigenvalue weighted by molar-refractivity contribution is -0.122. The molecule has 0 saturated carbocycles. The Bertz CT molecular complexity index is 554. The molecular weight excluding hydrogens is 290 g/mol. The zero-order valence-corrected chi connectivity index (χ0v) is 14.3. The third kappa shape index (κ3) is 5.02. The summed E-state index contributed by atoms with van der Waals surface area (Å²) in [5.41, 5.74) is 1.01. The predicted molar refractivity (Wildman–Crippen MR) is 91.8 cm³/mol. The molecule has 23 heavy (non-hydrogen) atoms. The van der Waals surface area contributed by atoms with Crippen molar-refractivity contribution in [1.29, 1.82) is 0 Å². The highest BCUT2D eigenvalue weighted by Crippen LogP contribution is 2.30. The smallest absolute Gasteiger partial charge is 0.221 e. The molecule has 0 saturated heterocycles. The first-order valence-electron chi connectivity index (χ1n) is 8.40. The zero-order chi connectivity index (χ0) is 16.7. The Kier molecular flexibility index (Phi) is 6.51. The molecular formula is C19H27NO3. The van der Waals surface area contributed by atoms with Gasteiger partial charge in [0.05, 0.1) is 19.8 Å². The molecule has 1 aromatic carbocycles. The normalized spacial score (nSPS) is 17.8. The van der Waals surface area contributed by atoms with Crippen molar-refractivity contribution in [3.05, 3.63) is 35.9 Å². The topological polar surface area (TPSA) is 47.6 Å². The lowest BCUT2D eigenvalue weighted by atomic mass is 10.0. The maximum atomic E-state index is 12.1. The van der Waals surface area contributed by atoms with Gasteiger partial charge in [0.1, 0.15) is 0 Å². The number of hydrogen-bond donors (Lipinski definition) is 1. The van der Waals surface area contributed by atoms with E-state index in [2.05, 4.69) is 24.4 Å². The third-order valence-corrected chi connectivity index (χ3v) is 4.09. The van der Waals surface area contributed by atoms with E-state index in [1.165, 1.54) is 0 Å². The summed E-state index contributed by atoms with van der Waals surface area (Å²) in [4.78, 5) is 12.1. The number of allylic oxidation sites excluding steroid dienone is 2. The molecule has 1 N–H and O–H groups in total. The number of benzene rings is 1. The number of methoxy groups -OCH3 is 1. The van der Waals surface area contributed by atoms with Crippen LogP contribution in [-0.4, -0.2) is 19.6 Å². The van der Waals surface area contributed by atoms with Gasteiger partial charge in [-0.05, 0) is 49.8 Å². The van der Waals surface area contributed by atoms with E-state index in [0.29, 0.717) is 24.7 Å². The van der Waals surface area contributed by atoms with Gasteiger partial charge >= 0.3 is 0 Å². The van der Waals surface area contributed by atoms with E-state index in [0.717, 1.165) is 30.6 Å². The van der Waals surface area contributed by atoms with Gasteiger partial charge in [-0.1, -0.05) is 25.1 Å². The zero-order valence-electron chi connectivity index (χ0n) is 14.3. The van der Waals surface area contributed by atoms with Gasteiger partial charge in [-0.25, -0.2) is 0 Å². The molecule has 2 atom stereocenters. The van der Waals surface area contributed by atoms with Crippen molar-refractivity contribution < 1.29 is 14.3 Å². The summed E-state index contributed by atoms with van der Waals surface area (Å²) in [5.74, 6) is 1.93. The van der Waals surface area contributed by atoms with Gasteiger partial charge in [0, 0.05) is 6.42 Å². The largest absolute Gasteiger partial charge is 0.493 e. The molecule has 0 heterocycles. The lowest BCUT2D eigenvalue weighted by Gasteiger charge is -2.18. The van der Waals surface area contributed by atoms with Crippen LogP contribution < -0.4 is 14.8 Å². The molecule has 0 unspecified atom stereocenters. The predicted octanol–water partition coefficient (Wildman–Crippen LogP) is 4.02. The monoisotopic (exact) mass is 317 g/mol. The van der Waals surface area contributed by atoms with Crippen LogP contribution in [0.2, 0.25) is 0 Å². The van der Waals surface area contributed by atoms with Gasteiger partial charge in [0.25, 0.3) is 0 Å². The fourth-order valence-electron chi connectivity index (χ4n) is 2.77. The molecule has 1 amide bonds. The van der Waals surface area contributed by atoms with E-state index in [9.17, 15) is 4.79 Å². The Morgan fingerprint density at radius 1 is 1.39 bits per heavy atom. The molecule has 4 heteroatoms. The van der Waals surface area contributed by atoms with Gasteiger partial charge < -0.3 is 14.8 Å². The van der Waals surface area contributed by atoms with Crippen LogP contribution in [0, 0.1) is 5.92 Å². The van der Waals surface area contributed by atoms with Gasteiger partial charge in [-0.3, -0.25) is 4.79 Å². The minimum Gasteiger partial charge on any atom is -0.493 e. The summed E-state index contributed by atoms with van der Waals surface area (Å²) in [6.45, 7) is 4.72. The fourth-order valence-corrected chi connectivity index (χ4v) is 2.77. The summed E-state index contributed by atoms with van der Waals surface area (Å²) >= 11 is 0. The number of carbonyl (C=O) groups is 1. The van der Waals surface area contributed by atoms with Crippen LogP contribution in [0.1, 0.15) is 51.1 Å². The van der Waals surface area contributed by atoms with Crippen LogP contribution in [-0.2, 0) is 4.79 Å². The number of carbonyl (C=O) groups excluding carboxylic acids is 1. The van der Waals surface area contributed by atoms with Gasteiger partial charge in [-0.2, -0.15) is 0 Å². The van der Waals surface area contributed by atoms with Crippen molar-refractivity contribution in [2.45, 2.75) is 45.6 Å². The summed E-state index contributed by atoms with van der Waals surface area (Å²) in [6, 6.07) is 5.77. The Hall–Kier alpha value is -1.97. The molecule has 0 radical (unpaired) electrons. The van der Waals surface area contributed by atoms with E-state index in [-0.39, 0.29) is 11.9 Å². The molecule has 1 aliphatic carbocycles. The van der Waals surface area contributed by atoms with E-state index in [4.69, 9.17) is 9.47 Å². The second kappa shape index (κ2) is 8.61. The van der Waals surface area contributed by atoms with Crippen LogP contribution in [0.25, 0.3) is 0 Å². The molecule has 126 valence electrons. The second-order valence-corrected chi connectivity index (χ2v) is 6.02. The van der Waals surface area contributed by atoms with Crippen molar-refractivity contribution in [2.24, 2.45) is 5.92 Å². The van der Waals surface area contributed by atoms with Crippen LogP contribution in [0.5, 0.6) is 11.5 Å². The van der Waals surface area contributed by atoms with Gasteiger partial charge in [0.2, 0.25) is 5.91 Å². The average molecular weight is 317 g/mol. The number of ether oxygens (including phenoxy) is 2. The van der Waals surface area contributed by atoms with Crippen molar-refractivity contribution in [1.82, 2.24) is 5.32 Å². The fraction of sp³-hybridized carbons (Fsp3) is 0.526. The summed E-state index contributed by atoms with van der Waals surface area (Å²) in [5, 5.41) is 3.07. The standard InChI is InChI=1S/C19H27NO3/c1-4-11-23-17-10-9-16(13-18(17)22-3)14(2)20-19(21)12-15-7-5-6-8-15/h5,7,9-10,13-15H,4,6,8,11-12H2,1-3H3,(H,20,21)/t14-,15-/m1/s1. The Morgan fingerprint density at radius 2 is 2.22 bits per heavy atom. The van der Waals surface area contributed by atoms with Crippen LogP contribution in [0.3, 0.4) is 0 Å². The van der Waals surface area contributed by atoms with Crippen molar-refractivity contribution >= 4 is 5.91 Å². The van der Waals surface area contributed by atoms with Crippen molar-refractivity contribution in [3.8, 4) is 11.5 Å². The molecule has 0 bridgehead atoms. The number of amides is 1. The molecule has 1 aromatic rings. The average Bonchev–Trinajstić information content (AvgIpc) is 3.05. The number of rotatable bonds is 8. The third-order valence-electron chi connectivity index (χ3n) is 4.09. The SMILES string of the molecule is CCCOc1ccc([C@@H](C)NC(=O)C[C@@H]2C=CCC2)cc1OC. The second-order valence-electron chi connectivity index (χ2n) is 6.02. The number of hydrogen-bond acceptors (Lipinski definition) is 3. The molecule has 0 aromatic heterocycles. The van der Waals surface area contributed by atoms with E-state index >= 15 is 0 Å². The molecule has 4 nitrogen and oxygen atoms in total. The van der Waals surface area contributed by atoms with Crippen LogP contribution in [0.4, 0.5) is 0 Å².